The van der Waals surface area contributed by atoms with E-state index in [-0.39, 0.29) is 28.5 Å². The summed E-state index contributed by atoms with van der Waals surface area (Å²) in [6, 6.07) is 4.01. The fourth-order valence-electron chi connectivity index (χ4n) is 2.65. The number of esters is 1. The van der Waals surface area contributed by atoms with Crippen LogP contribution in [-0.2, 0) is 10.3 Å². The Bertz CT molecular complexity index is 859. The molecular weight excluding hydrogens is 364 g/mol. The summed E-state index contributed by atoms with van der Waals surface area (Å²) in [5, 5.41) is 24.9. The average molecular weight is 383 g/mol. The lowest BCUT2D eigenvalue weighted by molar-refractivity contribution is -0.384. The number of hydrogen-bond acceptors (Lipinski definition) is 7. The smallest absolute Gasteiger partial charge is 0.339 e. The van der Waals surface area contributed by atoms with Crippen LogP contribution in [0.25, 0.3) is 0 Å². The first kappa shape index (κ1) is 19.7. The van der Waals surface area contributed by atoms with Crippen LogP contribution in [0.5, 0.6) is 0 Å². The highest BCUT2D eigenvalue weighted by Crippen LogP contribution is 2.33. The van der Waals surface area contributed by atoms with Gasteiger partial charge in [0.2, 0.25) is 0 Å². The highest BCUT2D eigenvalue weighted by Gasteiger charge is 2.29. The summed E-state index contributed by atoms with van der Waals surface area (Å²) in [4.78, 5) is 22.4. The van der Waals surface area contributed by atoms with Gasteiger partial charge in [0.15, 0.2) is 0 Å². The van der Waals surface area contributed by atoms with E-state index in [1.807, 2.05) is 0 Å². The van der Waals surface area contributed by atoms with Gasteiger partial charge in [-0.15, -0.1) is 0 Å². The molecule has 0 saturated carbocycles. The molecule has 9 heteroatoms. The number of aryl methyl sites for hydroxylation is 2. The lowest BCUT2D eigenvalue weighted by atomic mass is 9.96. The monoisotopic (exact) mass is 382 g/mol. The third kappa shape index (κ3) is 3.97. The van der Waals surface area contributed by atoms with Crippen LogP contribution in [0.3, 0.4) is 0 Å². The van der Waals surface area contributed by atoms with E-state index in [1.54, 1.807) is 26.8 Å². The molecular formula is C17H19ClN2O6. The van der Waals surface area contributed by atoms with Gasteiger partial charge in [0.05, 0.1) is 22.6 Å². The standard InChI is InChI=1S/C17H19ClN2O6/c1-9-5-12(10(2)26-9)17(3,22)8-19-14-7-13(18)11(16(21)25-4)6-15(14)20(23)24/h5-7,19,22H,8H2,1-4H3. The van der Waals surface area contributed by atoms with Gasteiger partial charge in [-0.1, -0.05) is 11.6 Å². The Morgan fingerprint density at radius 3 is 2.58 bits per heavy atom. The Morgan fingerprint density at radius 2 is 2.08 bits per heavy atom. The molecule has 0 aliphatic heterocycles. The molecule has 1 aromatic carbocycles. The number of benzene rings is 1. The van der Waals surface area contributed by atoms with Crippen LogP contribution >= 0.6 is 11.6 Å². The van der Waals surface area contributed by atoms with Crippen molar-refractivity contribution in [1.82, 2.24) is 0 Å². The highest BCUT2D eigenvalue weighted by molar-refractivity contribution is 6.34. The van der Waals surface area contributed by atoms with Crippen molar-refractivity contribution in [2.75, 3.05) is 19.0 Å². The lowest BCUT2D eigenvalue weighted by Gasteiger charge is -2.24. The van der Waals surface area contributed by atoms with Gasteiger partial charge in [0.25, 0.3) is 5.69 Å². The third-order valence-electron chi connectivity index (χ3n) is 3.93. The number of anilines is 1. The van der Waals surface area contributed by atoms with Gasteiger partial charge in [0, 0.05) is 18.2 Å². The van der Waals surface area contributed by atoms with Gasteiger partial charge in [-0.05, 0) is 32.9 Å². The van der Waals surface area contributed by atoms with Crippen LogP contribution in [0.2, 0.25) is 5.02 Å². The van der Waals surface area contributed by atoms with Crippen LogP contribution < -0.4 is 5.32 Å². The molecule has 2 rings (SSSR count). The fourth-order valence-corrected chi connectivity index (χ4v) is 2.89. The average Bonchev–Trinajstić information content (AvgIpc) is 2.91. The highest BCUT2D eigenvalue weighted by atomic mass is 35.5. The Kier molecular flexibility index (Phi) is 5.58. The van der Waals surface area contributed by atoms with Crippen molar-refractivity contribution in [3.05, 3.63) is 56.0 Å². The van der Waals surface area contributed by atoms with Crippen LogP contribution in [0.1, 0.15) is 34.4 Å². The molecule has 1 aromatic heterocycles. The molecule has 2 N–H and O–H groups in total. The SMILES string of the molecule is COC(=O)c1cc([N+](=O)[O-])c(NCC(C)(O)c2cc(C)oc2C)cc1Cl. The number of nitrogens with one attached hydrogen (secondary N) is 1. The lowest BCUT2D eigenvalue weighted by Crippen LogP contribution is -2.31. The second kappa shape index (κ2) is 7.35. The maximum atomic E-state index is 11.7. The fraction of sp³-hybridized carbons (Fsp3) is 0.353. The molecule has 0 aliphatic rings. The topological polar surface area (TPSA) is 115 Å². The first-order chi connectivity index (χ1) is 12.1. The molecule has 8 nitrogen and oxygen atoms in total. The van der Waals surface area contributed by atoms with Crippen molar-refractivity contribution in [3.63, 3.8) is 0 Å². The van der Waals surface area contributed by atoms with Gasteiger partial charge >= 0.3 is 5.97 Å². The first-order valence-corrected chi connectivity index (χ1v) is 8.04. The van der Waals surface area contributed by atoms with Crippen LogP contribution in [0.4, 0.5) is 11.4 Å². The number of carbonyl (C=O) groups is 1. The van der Waals surface area contributed by atoms with Crippen molar-refractivity contribution in [2.45, 2.75) is 26.4 Å². The van der Waals surface area contributed by atoms with Crippen molar-refractivity contribution in [2.24, 2.45) is 0 Å². The van der Waals surface area contributed by atoms with Crippen LogP contribution in [0.15, 0.2) is 22.6 Å². The molecule has 0 fully saturated rings. The predicted molar refractivity (Wildman–Crippen MR) is 95.7 cm³/mol. The summed E-state index contributed by atoms with van der Waals surface area (Å²) in [6.45, 7) is 5.01. The number of nitro benzene ring substituents is 1. The zero-order valence-electron chi connectivity index (χ0n) is 14.8. The number of nitrogens with zero attached hydrogens (tertiary/aromatic N) is 1. The summed E-state index contributed by atoms with van der Waals surface area (Å²) in [6.07, 6.45) is 0. The zero-order chi connectivity index (χ0) is 19.6. The van der Waals surface area contributed by atoms with Crippen molar-refractivity contribution >= 4 is 28.9 Å². The minimum atomic E-state index is -1.34. The second-order valence-electron chi connectivity index (χ2n) is 6.05. The van der Waals surface area contributed by atoms with E-state index in [1.165, 1.54) is 6.07 Å². The number of nitro groups is 1. The Hall–Kier alpha value is -2.58. The summed E-state index contributed by atoms with van der Waals surface area (Å²) in [5.74, 6) is 0.429. The molecule has 1 heterocycles. The Morgan fingerprint density at radius 1 is 1.42 bits per heavy atom. The Labute approximate surface area is 154 Å². The normalized spacial score (nSPS) is 13.2. The van der Waals surface area contributed by atoms with E-state index in [4.69, 9.17) is 16.0 Å². The van der Waals surface area contributed by atoms with E-state index in [0.717, 1.165) is 13.2 Å². The zero-order valence-corrected chi connectivity index (χ0v) is 15.5. The minimum Gasteiger partial charge on any atom is -0.466 e. The van der Waals surface area contributed by atoms with Gasteiger partial charge in [-0.25, -0.2) is 4.79 Å². The molecule has 0 radical (unpaired) electrons. The summed E-state index contributed by atoms with van der Waals surface area (Å²) >= 11 is 6.03. The maximum Gasteiger partial charge on any atom is 0.339 e. The molecule has 0 saturated heterocycles. The molecule has 2 aromatic rings. The summed E-state index contributed by atoms with van der Waals surface area (Å²) in [7, 11) is 1.16. The van der Waals surface area contributed by atoms with E-state index in [2.05, 4.69) is 10.1 Å². The number of furan rings is 1. The van der Waals surface area contributed by atoms with Gasteiger partial charge in [0.1, 0.15) is 22.8 Å². The molecule has 0 aliphatic carbocycles. The van der Waals surface area contributed by atoms with E-state index >= 15 is 0 Å². The number of aliphatic hydroxyl groups is 1. The second-order valence-corrected chi connectivity index (χ2v) is 6.46. The number of halogens is 1. The van der Waals surface area contributed by atoms with E-state index in [9.17, 15) is 20.0 Å². The number of ether oxygens (including phenoxy) is 1. The van der Waals surface area contributed by atoms with Gasteiger partial charge in [-0.2, -0.15) is 0 Å². The van der Waals surface area contributed by atoms with Crippen molar-refractivity contribution < 1.29 is 24.0 Å². The van der Waals surface area contributed by atoms with E-state index < -0.39 is 16.5 Å². The quantitative estimate of drug-likeness (QED) is 0.445. The molecule has 26 heavy (non-hydrogen) atoms. The Balaban J connectivity index is 2.34. The largest absolute Gasteiger partial charge is 0.466 e. The maximum absolute atomic E-state index is 11.7. The van der Waals surface area contributed by atoms with E-state index in [0.29, 0.717) is 17.1 Å². The molecule has 1 unspecified atom stereocenters. The first-order valence-electron chi connectivity index (χ1n) is 7.67. The predicted octanol–water partition coefficient (Wildman–Crippen LogP) is 3.56. The van der Waals surface area contributed by atoms with Crippen LogP contribution in [-0.4, -0.2) is 29.7 Å². The summed E-state index contributed by atoms with van der Waals surface area (Å²) < 4.78 is 9.98. The molecule has 0 amide bonds. The van der Waals surface area contributed by atoms with Crippen molar-refractivity contribution in [3.8, 4) is 0 Å². The molecule has 140 valence electrons. The minimum absolute atomic E-state index is 0.0000658. The number of carbonyl (C=O) groups excluding carboxylic acids is 1. The van der Waals surface area contributed by atoms with Gasteiger partial charge in [-0.3, -0.25) is 10.1 Å². The van der Waals surface area contributed by atoms with Gasteiger partial charge < -0.3 is 19.6 Å². The number of hydrogen-bond donors (Lipinski definition) is 2. The molecule has 0 spiro atoms. The third-order valence-corrected chi connectivity index (χ3v) is 4.24. The molecule has 1 atom stereocenters. The van der Waals surface area contributed by atoms with Crippen LogP contribution in [0, 0.1) is 24.0 Å². The molecule has 0 bridgehead atoms. The summed E-state index contributed by atoms with van der Waals surface area (Å²) in [5.41, 5.74) is -1.16. The number of methoxy groups -OCH3 is 1. The van der Waals surface area contributed by atoms with Crippen molar-refractivity contribution in [1.29, 1.82) is 0 Å². The number of rotatable bonds is 6.